The Labute approximate surface area is 121 Å². The fraction of sp³-hybridized carbons (Fsp3) is 0.583. The minimum Gasteiger partial charge on any atom is -0.347 e. The van der Waals surface area contributed by atoms with Crippen molar-refractivity contribution >= 4 is 37.0 Å². The van der Waals surface area contributed by atoms with Crippen molar-refractivity contribution in [3.05, 3.63) is 17.0 Å². The Bertz CT molecular complexity index is 574. The fourth-order valence-electron chi connectivity index (χ4n) is 2.37. The molecule has 1 aromatic heterocycles. The molecule has 1 N–H and O–H groups in total. The molecule has 0 radical (unpaired) electrons. The summed E-state index contributed by atoms with van der Waals surface area (Å²) in [6.07, 6.45) is 5.36. The highest BCUT2D eigenvalue weighted by molar-refractivity contribution is 8.15. The first-order valence-electron chi connectivity index (χ1n) is 6.16. The van der Waals surface area contributed by atoms with E-state index in [0.29, 0.717) is 5.56 Å². The number of amides is 1. The molecule has 0 bridgehead atoms. The lowest BCUT2D eigenvalue weighted by molar-refractivity contribution is 0.0883. The molecule has 0 spiro atoms. The van der Waals surface area contributed by atoms with Crippen LogP contribution in [0, 0.1) is 0 Å². The van der Waals surface area contributed by atoms with Crippen LogP contribution in [0.5, 0.6) is 0 Å². The van der Waals surface area contributed by atoms with E-state index in [9.17, 15) is 13.2 Å². The van der Waals surface area contributed by atoms with E-state index in [1.54, 1.807) is 0 Å². The Kier molecular flexibility index (Phi) is 4.23. The second-order valence-electron chi connectivity index (χ2n) is 5.17. The molecule has 0 saturated heterocycles. The number of nitrogens with one attached hydrogen (secondary N) is 1. The molecule has 2 rings (SSSR count). The summed E-state index contributed by atoms with van der Waals surface area (Å²) >= 11 is 0.965. The van der Waals surface area contributed by atoms with Crippen molar-refractivity contribution < 1.29 is 13.2 Å². The molecule has 1 aliphatic carbocycles. The molecule has 1 saturated carbocycles. The maximum atomic E-state index is 12.1. The molecule has 0 atom stereocenters. The van der Waals surface area contributed by atoms with E-state index in [0.717, 1.165) is 37.0 Å². The summed E-state index contributed by atoms with van der Waals surface area (Å²) < 4.78 is 22.3. The van der Waals surface area contributed by atoms with Gasteiger partial charge < -0.3 is 5.32 Å². The van der Waals surface area contributed by atoms with Gasteiger partial charge in [0.1, 0.15) is 4.21 Å². The van der Waals surface area contributed by atoms with Gasteiger partial charge in [0, 0.05) is 21.6 Å². The van der Waals surface area contributed by atoms with Crippen LogP contribution in [0.2, 0.25) is 0 Å². The van der Waals surface area contributed by atoms with Crippen molar-refractivity contribution in [2.24, 2.45) is 0 Å². The smallest absolute Gasteiger partial charge is 0.270 e. The summed E-state index contributed by atoms with van der Waals surface area (Å²) in [4.78, 5) is 12.1. The van der Waals surface area contributed by atoms with Gasteiger partial charge in [-0.05, 0) is 25.8 Å². The maximum absolute atomic E-state index is 12.1. The van der Waals surface area contributed by atoms with Crippen molar-refractivity contribution in [1.82, 2.24) is 5.32 Å². The second kappa shape index (κ2) is 5.42. The lowest BCUT2D eigenvalue weighted by Gasteiger charge is -2.34. The molecule has 0 unspecified atom stereocenters. The zero-order valence-corrected chi connectivity index (χ0v) is 13.0. The van der Waals surface area contributed by atoms with Gasteiger partial charge in [-0.15, -0.1) is 11.3 Å². The molecule has 106 valence electrons. The van der Waals surface area contributed by atoms with Crippen molar-refractivity contribution in [2.45, 2.75) is 48.8 Å². The van der Waals surface area contributed by atoms with E-state index in [-0.39, 0.29) is 15.7 Å². The average Bonchev–Trinajstić information content (AvgIpc) is 2.78. The lowest BCUT2D eigenvalue weighted by Crippen LogP contribution is -2.47. The number of carbonyl (C=O) groups is 1. The highest BCUT2D eigenvalue weighted by Gasteiger charge is 2.29. The summed E-state index contributed by atoms with van der Waals surface area (Å²) in [6.45, 7) is 2.04. The van der Waals surface area contributed by atoms with Gasteiger partial charge in [-0.3, -0.25) is 4.79 Å². The molecule has 1 aliphatic rings. The quantitative estimate of drug-likeness (QED) is 0.870. The molecule has 1 heterocycles. The summed E-state index contributed by atoms with van der Waals surface area (Å²) in [5, 5.41) is 4.53. The Morgan fingerprint density at radius 1 is 1.37 bits per heavy atom. The molecule has 1 aromatic rings. The number of thiophene rings is 1. The first-order valence-corrected chi connectivity index (χ1v) is 9.35. The van der Waals surface area contributed by atoms with Gasteiger partial charge in [0.05, 0.1) is 5.56 Å². The zero-order chi connectivity index (χ0) is 14.1. The molecule has 7 heteroatoms. The summed E-state index contributed by atoms with van der Waals surface area (Å²) in [7, 11) is 1.49. The van der Waals surface area contributed by atoms with Gasteiger partial charge in [0.2, 0.25) is 0 Å². The van der Waals surface area contributed by atoms with Crippen LogP contribution < -0.4 is 5.32 Å². The highest BCUT2D eigenvalue weighted by Crippen LogP contribution is 2.29. The number of hydrogen-bond donors (Lipinski definition) is 1. The fourth-order valence-corrected chi connectivity index (χ4v) is 4.31. The van der Waals surface area contributed by atoms with Gasteiger partial charge in [0.15, 0.2) is 0 Å². The van der Waals surface area contributed by atoms with Crippen LogP contribution in [0.3, 0.4) is 0 Å². The third-order valence-corrected chi connectivity index (χ3v) is 6.49. The van der Waals surface area contributed by atoms with Crippen molar-refractivity contribution in [2.75, 3.05) is 0 Å². The van der Waals surface area contributed by atoms with Crippen LogP contribution in [0.25, 0.3) is 0 Å². The molecule has 0 aliphatic heterocycles. The number of halogens is 1. The van der Waals surface area contributed by atoms with Gasteiger partial charge >= 0.3 is 0 Å². The van der Waals surface area contributed by atoms with Crippen LogP contribution in [-0.4, -0.2) is 19.9 Å². The number of hydrogen-bond acceptors (Lipinski definition) is 4. The minimum atomic E-state index is -3.75. The topological polar surface area (TPSA) is 63.2 Å². The van der Waals surface area contributed by atoms with Crippen LogP contribution >= 0.6 is 22.0 Å². The van der Waals surface area contributed by atoms with E-state index in [2.05, 4.69) is 5.32 Å². The van der Waals surface area contributed by atoms with E-state index < -0.39 is 9.05 Å². The van der Waals surface area contributed by atoms with Crippen LogP contribution in [-0.2, 0) is 9.05 Å². The van der Waals surface area contributed by atoms with Crippen molar-refractivity contribution in [3.63, 3.8) is 0 Å². The third-order valence-electron chi connectivity index (χ3n) is 3.45. The van der Waals surface area contributed by atoms with E-state index in [1.807, 2.05) is 6.92 Å². The van der Waals surface area contributed by atoms with Crippen molar-refractivity contribution in [3.8, 4) is 0 Å². The molecule has 1 amide bonds. The van der Waals surface area contributed by atoms with Crippen LogP contribution in [0.15, 0.2) is 15.7 Å². The average molecular weight is 322 g/mol. The molecule has 4 nitrogen and oxygen atoms in total. The zero-order valence-electron chi connectivity index (χ0n) is 10.6. The molecule has 0 aromatic carbocycles. The largest absolute Gasteiger partial charge is 0.347 e. The summed E-state index contributed by atoms with van der Waals surface area (Å²) in [6, 6.07) is 1.33. The minimum absolute atomic E-state index is 0.00751. The number of carbonyl (C=O) groups excluding carboxylic acids is 1. The molecule has 19 heavy (non-hydrogen) atoms. The predicted molar refractivity (Wildman–Crippen MR) is 76.3 cm³/mol. The SMILES string of the molecule is CC1(NC(=O)c2csc(S(=O)(=O)Cl)c2)CCCCC1. The van der Waals surface area contributed by atoms with Gasteiger partial charge in [-0.2, -0.15) is 0 Å². The Hall–Kier alpha value is -0.590. The first-order chi connectivity index (χ1) is 8.80. The van der Waals surface area contributed by atoms with Gasteiger partial charge in [-0.1, -0.05) is 19.3 Å². The Morgan fingerprint density at radius 3 is 2.53 bits per heavy atom. The first kappa shape index (κ1) is 14.8. The van der Waals surface area contributed by atoms with Gasteiger partial charge in [-0.25, -0.2) is 8.42 Å². The Balaban J connectivity index is 2.10. The van der Waals surface area contributed by atoms with Crippen LogP contribution in [0.4, 0.5) is 0 Å². The molecular formula is C12H16ClNO3S2. The van der Waals surface area contributed by atoms with Crippen LogP contribution in [0.1, 0.15) is 49.4 Å². The number of rotatable bonds is 3. The Morgan fingerprint density at radius 2 is 2.00 bits per heavy atom. The predicted octanol–water partition coefficient (Wildman–Crippen LogP) is 3.13. The highest BCUT2D eigenvalue weighted by atomic mass is 35.7. The van der Waals surface area contributed by atoms with E-state index >= 15 is 0 Å². The summed E-state index contributed by atoms with van der Waals surface area (Å²) in [5.74, 6) is -0.229. The lowest BCUT2D eigenvalue weighted by atomic mass is 9.83. The third kappa shape index (κ3) is 3.70. The molecular weight excluding hydrogens is 306 g/mol. The summed E-state index contributed by atoms with van der Waals surface area (Å²) in [5.41, 5.74) is 0.174. The molecule has 1 fully saturated rings. The van der Waals surface area contributed by atoms with Crippen molar-refractivity contribution in [1.29, 1.82) is 0 Å². The maximum Gasteiger partial charge on any atom is 0.270 e. The standard InChI is InChI=1S/C12H16ClNO3S2/c1-12(5-3-2-4-6-12)14-11(15)9-7-10(18-8-9)19(13,16)17/h7-8H,2-6H2,1H3,(H,14,15). The van der Waals surface area contributed by atoms with E-state index in [1.165, 1.54) is 17.9 Å². The monoisotopic (exact) mass is 321 g/mol. The van der Waals surface area contributed by atoms with Gasteiger partial charge in [0.25, 0.3) is 15.0 Å². The normalized spacial score (nSPS) is 19.1. The van der Waals surface area contributed by atoms with E-state index in [4.69, 9.17) is 10.7 Å². The second-order valence-corrected chi connectivity index (χ2v) is 8.87.